The number of nitrogen functional groups attached to an aromatic ring is 1. The lowest BCUT2D eigenvalue weighted by molar-refractivity contribution is -0.118. The molecule has 10 heteroatoms. The molecule has 22 heavy (non-hydrogen) atoms. The molecule has 4 N–H and O–H groups in total. The summed E-state index contributed by atoms with van der Waals surface area (Å²) in [5, 5.41) is 19.1. The molecule has 3 heterocycles. The van der Waals surface area contributed by atoms with Crippen LogP contribution in [0.25, 0.3) is 11.2 Å². The van der Waals surface area contributed by atoms with E-state index < -0.39 is 17.9 Å². The first-order chi connectivity index (χ1) is 10.5. The number of aliphatic hydroxyl groups excluding tert-OH is 2. The summed E-state index contributed by atoms with van der Waals surface area (Å²) in [6.45, 7) is -0.564. The van der Waals surface area contributed by atoms with E-state index in [1.807, 2.05) is 0 Å². The number of nitrogens with two attached hydrogens (primary N) is 1. The van der Waals surface area contributed by atoms with Gasteiger partial charge in [0.05, 0.1) is 19.5 Å². The van der Waals surface area contributed by atoms with Crippen molar-refractivity contribution in [1.82, 2.24) is 19.5 Å². The predicted octanol–water partition coefficient (Wildman–Crippen LogP) is -0.281. The number of ether oxygens (including phenoxy) is 2. The molecular formula is C12H16ClN5O4. The normalized spacial score (nSPS) is 28.5. The molecule has 3 unspecified atom stereocenters. The first kappa shape index (κ1) is 15.4. The number of anilines is 1. The summed E-state index contributed by atoms with van der Waals surface area (Å²) >= 11 is 5.84. The SMILES string of the molecule is COC1(CO)CC(n2cnc3c(N)nc(Cl)nc32)OC1CO. The van der Waals surface area contributed by atoms with Crippen LogP contribution in [0.1, 0.15) is 12.6 Å². The van der Waals surface area contributed by atoms with Crippen molar-refractivity contribution in [3.63, 3.8) is 0 Å². The van der Waals surface area contributed by atoms with Gasteiger partial charge in [-0.25, -0.2) is 4.98 Å². The summed E-state index contributed by atoms with van der Waals surface area (Å²) in [5.41, 5.74) is 5.61. The molecule has 9 nitrogen and oxygen atoms in total. The Bertz CT molecular complexity index is 689. The number of hydrogen-bond donors (Lipinski definition) is 3. The summed E-state index contributed by atoms with van der Waals surface area (Å²) in [5.74, 6) is 0.172. The van der Waals surface area contributed by atoms with Gasteiger partial charge in [-0.2, -0.15) is 9.97 Å². The van der Waals surface area contributed by atoms with Crippen LogP contribution in [0.2, 0.25) is 5.28 Å². The van der Waals surface area contributed by atoms with E-state index in [2.05, 4.69) is 15.0 Å². The highest BCUT2D eigenvalue weighted by Gasteiger charge is 2.49. The highest BCUT2D eigenvalue weighted by atomic mass is 35.5. The second-order valence-electron chi connectivity index (χ2n) is 5.10. The number of nitrogens with zero attached hydrogens (tertiary/aromatic N) is 4. The Morgan fingerprint density at radius 2 is 2.32 bits per heavy atom. The monoisotopic (exact) mass is 329 g/mol. The number of hydrogen-bond acceptors (Lipinski definition) is 8. The van der Waals surface area contributed by atoms with E-state index in [1.165, 1.54) is 13.4 Å². The Hall–Kier alpha value is -1.52. The molecule has 0 aliphatic carbocycles. The third-order valence-electron chi connectivity index (χ3n) is 4.00. The molecule has 120 valence electrons. The van der Waals surface area contributed by atoms with E-state index in [9.17, 15) is 10.2 Å². The zero-order chi connectivity index (χ0) is 15.9. The van der Waals surface area contributed by atoms with Gasteiger partial charge in [0.25, 0.3) is 0 Å². The van der Waals surface area contributed by atoms with Crippen LogP contribution in [0.4, 0.5) is 5.82 Å². The number of methoxy groups -OCH3 is 1. The number of rotatable bonds is 4. The Balaban J connectivity index is 2.02. The first-order valence-electron chi connectivity index (χ1n) is 6.62. The molecule has 0 bridgehead atoms. The van der Waals surface area contributed by atoms with Crippen molar-refractivity contribution in [1.29, 1.82) is 0 Å². The lowest BCUT2D eigenvalue weighted by atomic mass is 9.96. The van der Waals surface area contributed by atoms with Gasteiger partial charge in [0.15, 0.2) is 11.5 Å². The molecule has 0 spiro atoms. The zero-order valence-electron chi connectivity index (χ0n) is 11.8. The fourth-order valence-corrected chi connectivity index (χ4v) is 2.90. The smallest absolute Gasteiger partial charge is 0.226 e. The number of halogens is 1. The van der Waals surface area contributed by atoms with Gasteiger partial charge >= 0.3 is 0 Å². The molecule has 0 aromatic carbocycles. The average molecular weight is 330 g/mol. The van der Waals surface area contributed by atoms with Crippen molar-refractivity contribution >= 4 is 28.6 Å². The summed E-state index contributed by atoms with van der Waals surface area (Å²) in [6.07, 6.45) is 0.631. The van der Waals surface area contributed by atoms with Gasteiger partial charge in [-0.15, -0.1) is 0 Å². The van der Waals surface area contributed by atoms with Gasteiger partial charge in [0.1, 0.15) is 23.4 Å². The van der Waals surface area contributed by atoms with Crippen LogP contribution in [0.5, 0.6) is 0 Å². The standard InChI is InChI=1S/C12H16ClN5O4/c1-21-12(4-20)2-7(22-6(12)3-19)18-5-15-8-9(14)16-11(13)17-10(8)18/h5-7,19-20H,2-4H2,1H3,(H2,14,16,17). The van der Waals surface area contributed by atoms with Crippen molar-refractivity contribution in [3.8, 4) is 0 Å². The second-order valence-corrected chi connectivity index (χ2v) is 5.43. The molecule has 0 saturated carbocycles. The molecule has 2 aromatic rings. The van der Waals surface area contributed by atoms with E-state index in [0.717, 1.165) is 0 Å². The maximum atomic E-state index is 9.63. The van der Waals surface area contributed by atoms with Crippen molar-refractivity contribution < 1.29 is 19.7 Å². The number of aromatic nitrogens is 4. The van der Waals surface area contributed by atoms with Crippen LogP contribution >= 0.6 is 11.6 Å². The van der Waals surface area contributed by atoms with Crippen LogP contribution in [0, 0.1) is 0 Å². The van der Waals surface area contributed by atoms with E-state index in [4.69, 9.17) is 26.8 Å². The maximum Gasteiger partial charge on any atom is 0.226 e. The van der Waals surface area contributed by atoms with E-state index in [-0.39, 0.29) is 24.3 Å². The quantitative estimate of drug-likeness (QED) is 0.653. The summed E-state index contributed by atoms with van der Waals surface area (Å²) in [7, 11) is 1.47. The number of aliphatic hydroxyl groups is 2. The van der Waals surface area contributed by atoms with E-state index in [1.54, 1.807) is 4.57 Å². The lowest BCUT2D eigenvalue weighted by Gasteiger charge is -2.28. The van der Waals surface area contributed by atoms with Crippen molar-refractivity contribution in [2.24, 2.45) is 0 Å². The molecule has 1 fully saturated rings. The van der Waals surface area contributed by atoms with Gasteiger partial charge < -0.3 is 25.4 Å². The minimum absolute atomic E-state index is 0.00335. The third-order valence-corrected chi connectivity index (χ3v) is 4.17. The Morgan fingerprint density at radius 1 is 1.55 bits per heavy atom. The Labute approximate surface area is 130 Å². The highest BCUT2D eigenvalue weighted by Crippen LogP contribution is 2.40. The minimum Gasteiger partial charge on any atom is -0.394 e. The Morgan fingerprint density at radius 3 is 2.91 bits per heavy atom. The van der Waals surface area contributed by atoms with Crippen LogP contribution in [0.15, 0.2) is 6.33 Å². The predicted molar refractivity (Wildman–Crippen MR) is 77.2 cm³/mol. The van der Waals surface area contributed by atoms with E-state index in [0.29, 0.717) is 17.6 Å². The molecule has 3 atom stereocenters. The molecule has 1 saturated heterocycles. The summed E-state index contributed by atoms with van der Waals surface area (Å²) in [6, 6.07) is 0. The molecule has 3 rings (SSSR count). The lowest BCUT2D eigenvalue weighted by Crippen LogP contribution is -2.45. The van der Waals surface area contributed by atoms with Crippen molar-refractivity contribution in [2.45, 2.75) is 24.4 Å². The number of fused-ring (bicyclic) bond motifs is 1. The fourth-order valence-electron chi connectivity index (χ4n) is 2.73. The summed E-state index contributed by atoms with van der Waals surface area (Å²) in [4.78, 5) is 12.1. The largest absolute Gasteiger partial charge is 0.394 e. The fraction of sp³-hybridized carbons (Fsp3) is 0.583. The maximum absolute atomic E-state index is 9.63. The van der Waals surface area contributed by atoms with Crippen molar-refractivity contribution in [2.75, 3.05) is 26.1 Å². The molecule has 0 radical (unpaired) electrons. The molecule has 1 aliphatic heterocycles. The van der Waals surface area contributed by atoms with Crippen LogP contribution in [0.3, 0.4) is 0 Å². The Kier molecular flexibility index (Phi) is 3.91. The van der Waals surface area contributed by atoms with Gasteiger partial charge in [-0.1, -0.05) is 0 Å². The van der Waals surface area contributed by atoms with Gasteiger partial charge in [0.2, 0.25) is 5.28 Å². The first-order valence-corrected chi connectivity index (χ1v) is 7.00. The molecule has 2 aromatic heterocycles. The van der Waals surface area contributed by atoms with E-state index >= 15 is 0 Å². The minimum atomic E-state index is -0.988. The third kappa shape index (κ3) is 2.22. The average Bonchev–Trinajstić information content (AvgIpc) is 3.08. The summed E-state index contributed by atoms with van der Waals surface area (Å²) < 4.78 is 12.8. The van der Waals surface area contributed by atoms with Crippen LogP contribution in [-0.2, 0) is 9.47 Å². The van der Waals surface area contributed by atoms with Gasteiger partial charge in [-0.3, -0.25) is 4.57 Å². The van der Waals surface area contributed by atoms with Crippen molar-refractivity contribution in [3.05, 3.63) is 11.6 Å². The van der Waals surface area contributed by atoms with Crippen LogP contribution in [-0.4, -0.2) is 61.8 Å². The van der Waals surface area contributed by atoms with Gasteiger partial charge in [0, 0.05) is 13.5 Å². The van der Waals surface area contributed by atoms with Crippen LogP contribution < -0.4 is 5.73 Å². The number of imidazole rings is 1. The molecular weight excluding hydrogens is 314 g/mol. The second kappa shape index (κ2) is 5.60. The zero-order valence-corrected chi connectivity index (χ0v) is 12.6. The van der Waals surface area contributed by atoms with Gasteiger partial charge in [-0.05, 0) is 11.6 Å². The highest BCUT2D eigenvalue weighted by molar-refractivity contribution is 6.28. The topological polar surface area (TPSA) is 129 Å². The molecule has 0 amide bonds. The molecule has 1 aliphatic rings.